The number of fused-ring (bicyclic) bond motifs is 1. The Kier molecular flexibility index (Phi) is 5.54. The molecule has 0 unspecified atom stereocenters. The van der Waals surface area contributed by atoms with E-state index in [1.165, 1.54) is 0 Å². The molecule has 2 aliphatic rings. The lowest BCUT2D eigenvalue weighted by Crippen LogP contribution is -2.37. The minimum atomic E-state index is -3.18. The van der Waals surface area contributed by atoms with Gasteiger partial charge in [-0.25, -0.2) is 12.7 Å². The van der Waals surface area contributed by atoms with Crippen molar-refractivity contribution in [3.05, 3.63) is 0 Å². The van der Waals surface area contributed by atoms with E-state index in [9.17, 15) is 13.2 Å². The molecule has 2 fully saturated rings. The van der Waals surface area contributed by atoms with Gasteiger partial charge in [-0.05, 0) is 31.1 Å². The fourth-order valence-electron chi connectivity index (χ4n) is 3.50. The van der Waals surface area contributed by atoms with E-state index in [0.717, 1.165) is 12.8 Å². The van der Waals surface area contributed by atoms with Crippen LogP contribution in [0.1, 0.15) is 47.0 Å². The quantitative estimate of drug-likeness (QED) is 0.791. The summed E-state index contributed by atoms with van der Waals surface area (Å²) >= 11 is 0. The van der Waals surface area contributed by atoms with Crippen molar-refractivity contribution < 1.29 is 13.2 Å². The molecule has 2 heterocycles. The minimum Gasteiger partial charge on any atom is -0.342 e. The summed E-state index contributed by atoms with van der Waals surface area (Å²) in [5.41, 5.74) is 0. The number of rotatable bonds is 4. The van der Waals surface area contributed by atoms with Crippen LogP contribution in [-0.2, 0) is 14.8 Å². The van der Waals surface area contributed by atoms with Crippen molar-refractivity contribution in [1.29, 1.82) is 0 Å². The molecule has 2 atom stereocenters. The highest BCUT2D eigenvalue weighted by Gasteiger charge is 2.46. The summed E-state index contributed by atoms with van der Waals surface area (Å²) in [6.07, 6.45) is 2.31. The van der Waals surface area contributed by atoms with Gasteiger partial charge in [0.25, 0.3) is 0 Å². The van der Waals surface area contributed by atoms with Crippen LogP contribution < -0.4 is 0 Å². The maximum absolute atomic E-state index is 12.7. The van der Waals surface area contributed by atoms with Gasteiger partial charge in [-0.1, -0.05) is 27.7 Å². The maximum Gasteiger partial charge on any atom is 0.225 e. The second-order valence-corrected chi connectivity index (χ2v) is 9.59. The number of sulfonamides is 1. The molecule has 0 aromatic heterocycles. The second-order valence-electron chi connectivity index (χ2n) is 7.44. The molecule has 2 saturated heterocycles. The molecule has 0 aromatic carbocycles. The molecule has 128 valence electrons. The number of nitrogens with zero attached hydrogens (tertiary/aromatic N) is 2. The Morgan fingerprint density at radius 1 is 1.14 bits per heavy atom. The van der Waals surface area contributed by atoms with Crippen molar-refractivity contribution in [2.75, 3.05) is 26.2 Å². The van der Waals surface area contributed by atoms with Gasteiger partial charge in [0, 0.05) is 32.1 Å². The van der Waals surface area contributed by atoms with Gasteiger partial charge in [-0.2, -0.15) is 0 Å². The summed E-state index contributed by atoms with van der Waals surface area (Å²) in [4.78, 5) is 14.0. The molecule has 0 aliphatic carbocycles. The van der Waals surface area contributed by atoms with E-state index in [1.807, 2.05) is 18.7 Å². The Balaban J connectivity index is 2.04. The third-order valence-corrected chi connectivity index (χ3v) is 7.36. The second kappa shape index (κ2) is 6.87. The zero-order chi connectivity index (χ0) is 16.5. The van der Waals surface area contributed by atoms with Gasteiger partial charge in [0.05, 0.1) is 5.25 Å². The number of hydrogen-bond acceptors (Lipinski definition) is 3. The average molecular weight is 330 g/mol. The predicted molar refractivity (Wildman–Crippen MR) is 87.9 cm³/mol. The summed E-state index contributed by atoms with van der Waals surface area (Å²) in [5.74, 6) is 0.827. The standard InChI is InChI=1S/C16H30N2O3S/c1-12(2)5-10-18-11-14-6-8-17(16(19)13(3)4)9-7-15(14)22(18,20)21/h12-15H,5-11H2,1-4H3/t14-,15-/m0/s1. The third-order valence-electron chi connectivity index (χ3n) is 4.92. The van der Waals surface area contributed by atoms with Gasteiger partial charge in [0.15, 0.2) is 0 Å². The highest BCUT2D eigenvalue weighted by atomic mass is 32.2. The van der Waals surface area contributed by atoms with Gasteiger partial charge in [-0.15, -0.1) is 0 Å². The molecule has 0 saturated carbocycles. The lowest BCUT2D eigenvalue weighted by Gasteiger charge is -2.24. The average Bonchev–Trinajstić information content (AvgIpc) is 2.58. The summed E-state index contributed by atoms with van der Waals surface area (Å²) in [6, 6.07) is 0. The molecule has 0 spiro atoms. The zero-order valence-corrected chi connectivity index (χ0v) is 15.1. The van der Waals surface area contributed by atoms with Crippen LogP contribution in [0.3, 0.4) is 0 Å². The number of carbonyl (C=O) groups excluding carboxylic acids is 1. The van der Waals surface area contributed by atoms with Crippen molar-refractivity contribution in [2.45, 2.75) is 52.2 Å². The fourth-order valence-corrected chi connectivity index (χ4v) is 5.76. The Morgan fingerprint density at radius 3 is 2.36 bits per heavy atom. The number of amides is 1. The van der Waals surface area contributed by atoms with Crippen LogP contribution in [0.5, 0.6) is 0 Å². The number of carbonyl (C=O) groups is 1. The molecule has 22 heavy (non-hydrogen) atoms. The Hall–Kier alpha value is -0.620. The first-order valence-electron chi connectivity index (χ1n) is 8.51. The fraction of sp³-hybridized carbons (Fsp3) is 0.938. The van der Waals surface area contributed by atoms with Crippen molar-refractivity contribution in [3.63, 3.8) is 0 Å². The maximum atomic E-state index is 12.7. The third kappa shape index (κ3) is 3.65. The number of hydrogen-bond donors (Lipinski definition) is 0. The van der Waals surface area contributed by atoms with E-state index in [0.29, 0.717) is 38.5 Å². The number of likely N-dealkylation sites (tertiary alicyclic amines) is 1. The monoisotopic (exact) mass is 330 g/mol. The topological polar surface area (TPSA) is 57.7 Å². The summed E-state index contributed by atoms with van der Waals surface area (Å²) < 4.78 is 27.1. The normalized spacial score (nSPS) is 28.9. The van der Waals surface area contributed by atoms with Crippen LogP contribution in [0, 0.1) is 17.8 Å². The van der Waals surface area contributed by atoms with Gasteiger partial charge in [0.1, 0.15) is 0 Å². The predicted octanol–water partition coefficient (Wildman–Crippen LogP) is 1.94. The summed E-state index contributed by atoms with van der Waals surface area (Å²) in [7, 11) is -3.18. The minimum absolute atomic E-state index is 0.0166. The summed E-state index contributed by atoms with van der Waals surface area (Å²) in [6.45, 7) is 10.6. The Morgan fingerprint density at radius 2 is 1.77 bits per heavy atom. The first-order valence-corrected chi connectivity index (χ1v) is 10.0. The zero-order valence-electron chi connectivity index (χ0n) is 14.3. The SMILES string of the molecule is CC(C)CCN1C[C@@H]2CCN(C(=O)C(C)C)CC[C@@H]2S1(=O)=O. The van der Waals surface area contributed by atoms with Crippen molar-refractivity contribution in [1.82, 2.24) is 9.21 Å². The first kappa shape index (κ1) is 17.7. The molecule has 6 heteroatoms. The van der Waals surface area contributed by atoms with E-state index in [-0.39, 0.29) is 23.0 Å². The van der Waals surface area contributed by atoms with Crippen molar-refractivity contribution in [3.8, 4) is 0 Å². The molecule has 5 nitrogen and oxygen atoms in total. The van der Waals surface area contributed by atoms with Gasteiger partial charge >= 0.3 is 0 Å². The van der Waals surface area contributed by atoms with Gasteiger partial charge in [-0.3, -0.25) is 4.79 Å². The molecular weight excluding hydrogens is 300 g/mol. The van der Waals surface area contributed by atoms with Crippen molar-refractivity contribution in [2.24, 2.45) is 17.8 Å². The molecule has 0 N–H and O–H groups in total. The van der Waals surface area contributed by atoms with E-state index in [2.05, 4.69) is 13.8 Å². The van der Waals surface area contributed by atoms with Gasteiger partial charge < -0.3 is 4.90 Å². The smallest absolute Gasteiger partial charge is 0.225 e. The van der Waals surface area contributed by atoms with Gasteiger partial charge in [0.2, 0.25) is 15.9 Å². The highest BCUT2D eigenvalue weighted by molar-refractivity contribution is 7.90. The molecule has 0 bridgehead atoms. The van der Waals surface area contributed by atoms with Crippen molar-refractivity contribution >= 4 is 15.9 Å². The first-order chi connectivity index (χ1) is 10.2. The van der Waals surface area contributed by atoms with E-state index < -0.39 is 10.0 Å². The largest absolute Gasteiger partial charge is 0.342 e. The molecule has 2 rings (SSSR count). The molecule has 0 aromatic rings. The molecule has 0 radical (unpaired) electrons. The van der Waals surface area contributed by atoms with Crippen LogP contribution >= 0.6 is 0 Å². The van der Waals surface area contributed by atoms with Crippen LogP contribution in [0.15, 0.2) is 0 Å². The highest BCUT2D eigenvalue weighted by Crippen LogP contribution is 2.34. The van der Waals surface area contributed by atoms with E-state index >= 15 is 0 Å². The molecule has 2 aliphatic heterocycles. The molecule has 1 amide bonds. The van der Waals surface area contributed by atoms with Crippen LogP contribution in [0.4, 0.5) is 0 Å². The Bertz CT molecular complexity index is 502. The molecular formula is C16H30N2O3S. The van der Waals surface area contributed by atoms with Crippen LogP contribution in [0.25, 0.3) is 0 Å². The van der Waals surface area contributed by atoms with Crippen LogP contribution in [-0.4, -0.2) is 55.0 Å². The lowest BCUT2D eigenvalue weighted by molar-refractivity contribution is -0.134. The Labute approximate surface area is 135 Å². The van der Waals surface area contributed by atoms with E-state index in [1.54, 1.807) is 4.31 Å². The van der Waals surface area contributed by atoms with E-state index in [4.69, 9.17) is 0 Å². The summed E-state index contributed by atoms with van der Waals surface area (Å²) in [5, 5.41) is -0.287. The lowest BCUT2D eigenvalue weighted by atomic mass is 10.0. The van der Waals surface area contributed by atoms with Crippen LogP contribution in [0.2, 0.25) is 0 Å².